The van der Waals surface area contributed by atoms with Crippen molar-refractivity contribution in [2.45, 2.75) is 17.4 Å². The molecule has 0 unspecified atom stereocenters. The van der Waals surface area contributed by atoms with Gasteiger partial charge in [0.25, 0.3) is 0 Å². The van der Waals surface area contributed by atoms with Gasteiger partial charge in [-0.25, -0.2) is 16.8 Å². The summed E-state index contributed by atoms with van der Waals surface area (Å²) in [6.07, 6.45) is 0.302. The average Bonchev–Trinajstić information content (AvgIpc) is 2.81. The van der Waals surface area contributed by atoms with Crippen LogP contribution in [-0.2, 0) is 19.9 Å². The molecule has 0 bridgehead atoms. The van der Waals surface area contributed by atoms with Crippen molar-refractivity contribution in [3.8, 4) is 0 Å². The summed E-state index contributed by atoms with van der Waals surface area (Å²) in [5.74, 6) is -0.145. The number of hydrogen-bond acceptors (Lipinski definition) is 5. The molecule has 24 heavy (non-hydrogen) atoms. The van der Waals surface area contributed by atoms with E-state index in [1.54, 1.807) is 0 Å². The molecule has 0 spiro atoms. The summed E-state index contributed by atoms with van der Waals surface area (Å²) in [5, 5.41) is 0.406. The van der Waals surface area contributed by atoms with Crippen molar-refractivity contribution in [1.29, 1.82) is 0 Å². The van der Waals surface area contributed by atoms with Crippen molar-refractivity contribution < 1.29 is 16.8 Å². The van der Waals surface area contributed by atoms with Crippen LogP contribution in [0.3, 0.4) is 0 Å². The SMILES string of the molecule is CN(C)CCN([C@@H]1CCS(=O)(=O)C1)S(=O)(=O)c1ccc(Cl)c(Cl)c1. The first-order valence-corrected chi connectivity index (χ1v) is 11.4. The number of benzene rings is 1. The third-order valence-corrected chi connectivity index (χ3v) is 8.32. The lowest BCUT2D eigenvalue weighted by Crippen LogP contribution is -2.44. The van der Waals surface area contributed by atoms with Gasteiger partial charge in [-0.3, -0.25) is 0 Å². The predicted molar refractivity (Wildman–Crippen MR) is 96.0 cm³/mol. The van der Waals surface area contributed by atoms with Gasteiger partial charge in [0, 0.05) is 19.1 Å². The Balaban J connectivity index is 2.38. The standard InChI is InChI=1S/C14H20Cl2N2O4S2/c1-17(2)6-7-18(11-5-8-23(19,20)10-11)24(21,22)12-3-4-13(15)14(16)9-12/h3-4,9,11H,5-8,10H2,1-2H3/t11-/m1/s1. The first-order valence-electron chi connectivity index (χ1n) is 7.35. The number of nitrogens with zero attached hydrogens (tertiary/aromatic N) is 2. The molecular weight excluding hydrogens is 395 g/mol. The molecule has 0 aliphatic carbocycles. The molecule has 6 nitrogen and oxygen atoms in total. The van der Waals surface area contributed by atoms with Gasteiger partial charge in [-0.05, 0) is 38.7 Å². The number of sulfonamides is 1. The van der Waals surface area contributed by atoms with E-state index >= 15 is 0 Å². The van der Waals surface area contributed by atoms with Gasteiger partial charge >= 0.3 is 0 Å². The van der Waals surface area contributed by atoms with E-state index in [2.05, 4.69) is 0 Å². The van der Waals surface area contributed by atoms with Gasteiger partial charge in [-0.15, -0.1) is 0 Å². The van der Waals surface area contributed by atoms with Crippen LogP contribution in [0.2, 0.25) is 10.0 Å². The minimum atomic E-state index is -3.87. The highest BCUT2D eigenvalue weighted by atomic mass is 35.5. The maximum absolute atomic E-state index is 13.0. The molecule has 10 heteroatoms. The maximum Gasteiger partial charge on any atom is 0.243 e. The minimum Gasteiger partial charge on any atom is -0.308 e. The molecule has 1 atom stereocenters. The second-order valence-electron chi connectivity index (χ2n) is 6.05. The van der Waals surface area contributed by atoms with Crippen molar-refractivity contribution in [2.75, 3.05) is 38.7 Å². The fraction of sp³-hybridized carbons (Fsp3) is 0.571. The zero-order valence-corrected chi connectivity index (χ0v) is 16.6. The summed E-state index contributed by atoms with van der Waals surface area (Å²) in [4.78, 5) is 1.86. The summed E-state index contributed by atoms with van der Waals surface area (Å²) in [6, 6.07) is 3.54. The predicted octanol–water partition coefficient (Wildman–Crippen LogP) is 1.73. The van der Waals surface area contributed by atoms with Crippen molar-refractivity contribution >= 4 is 43.1 Å². The lowest BCUT2D eigenvalue weighted by Gasteiger charge is -2.28. The van der Waals surface area contributed by atoms with E-state index < -0.39 is 25.9 Å². The molecule has 0 amide bonds. The van der Waals surface area contributed by atoms with E-state index in [1.165, 1.54) is 22.5 Å². The third kappa shape index (κ3) is 4.62. The van der Waals surface area contributed by atoms with Crippen molar-refractivity contribution in [3.63, 3.8) is 0 Å². The van der Waals surface area contributed by atoms with Gasteiger partial charge in [-0.1, -0.05) is 23.2 Å². The molecule has 1 heterocycles. The van der Waals surface area contributed by atoms with Crippen LogP contribution in [-0.4, -0.2) is 70.8 Å². The Labute approximate surface area is 153 Å². The lowest BCUT2D eigenvalue weighted by atomic mass is 10.2. The smallest absolute Gasteiger partial charge is 0.243 e. The van der Waals surface area contributed by atoms with Crippen molar-refractivity contribution in [1.82, 2.24) is 9.21 Å². The average molecular weight is 415 g/mol. The second-order valence-corrected chi connectivity index (χ2v) is 11.0. The van der Waals surface area contributed by atoms with Crippen LogP contribution < -0.4 is 0 Å². The van der Waals surface area contributed by atoms with Crippen LogP contribution in [0.5, 0.6) is 0 Å². The fourth-order valence-corrected chi connectivity index (χ4v) is 6.43. The second kappa shape index (κ2) is 7.47. The first-order chi connectivity index (χ1) is 11.0. The van der Waals surface area contributed by atoms with Crippen molar-refractivity contribution in [3.05, 3.63) is 28.2 Å². The van der Waals surface area contributed by atoms with Crippen molar-refractivity contribution in [2.24, 2.45) is 0 Å². The van der Waals surface area contributed by atoms with Crippen LogP contribution in [0.1, 0.15) is 6.42 Å². The monoisotopic (exact) mass is 414 g/mol. The Morgan fingerprint density at radius 1 is 1.17 bits per heavy atom. The zero-order chi connectivity index (χ0) is 18.1. The Bertz CT molecular complexity index is 810. The number of sulfone groups is 1. The number of likely N-dealkylation sites (N-methyl/N-ethyl adjacent to an activating group) is 1. The Morgan fingerprint density at radius 2 is 1.83 bits per heavy atom. The molecule has 0 saturated carbocycles. The highest BCUT2D eigenvalue weighted by molar-refractivity contribution is 7.92. The van der Waals surface area contributed by atoms with Gasteiger partial charge in [0.05, 0.1) is 26.4 Å². The molecule has 0 radical (unpaired) electrons. The van der Waals surface area contributed by atoms with Crippen LogP contribution in [0, 0.1) is 0 Å². The number of halogens is 2. The minimum absolute atomic E-state index is 0.00697. The van der Waals surface area contributed by atoms with Crippen LogP contribution in [0.25, 0.3) is 0 Å². The summed E-state index contributed by atoms with van der Waals surface area (Å²) >= 11 is 11.8. The van der Waals surface area contributed by atoms with E-state index in [9.17, 15) is 16.8 Å². The number of hydrogen-bond donors (Lipinski definition) is 0. The van der Waals surface area contributed by atoms with E-state index in [0.717, 1.165) is 0 Å². The van der Waals surface area contributed by atoms with E-state index in [1.807, 2.05) is 19.0 Å². The van der Waals surface area contributed by atoms with Gasteiger partial charge < -0.3 is 4.90 Å². The van der Waals surface area contributed by atoms with Crippen LogP contribution in [0.15, 0.2) is 23.1 Å². The van der Waals surface area contributed by atoms with Crippen LogP contribution in [0.4, 0.5) is 0 Å². The van der Waals surface area contributed by atoms with Crippen LogP contribution >= 0.6 is 23.2 Å². The molecule has 0 N–H and O–H groups in total. The van der Waals surface area contributed by atoms with E-state index in [-0.39, 0.29) is 33.0 Å². The summed E-state index contributed by atoms with van der Waals surface area (Å²) in [7, 11) is -3.42. The van der Waals surface area contributed by atoms with Gasteiger partial charge in [0.2, 0.25) is 10.0 Å². The van der Waals surface area contributed by atoms with Gasteiger partial charge in [0.1, 0.15) is 0 Å². The summed E-state index contributed by atoms with van der Waals surface area (Å²) < 4.78 is 50.9. The molecule has 1 aliphatic heterocycles. The Kier molecular flexibility index (Phi) is 6.21. The topological polar surface area (TPSA) is 74.8 Å². The van der Waals surface area contributed by atoms with Gasteiger partial charge in [-0.2, -0.15) is 4.31 Å². The molecule has 0 aromatic heterocycles. The fourth-order valence-electron chi connectivity index (χ4n) is 2.57. The first kappa shape index (κ1) is 19.9. The molecule has 1 aromatic rings. The largest absolute Gasteiger partial charge is 0.308 e. The molecular formula is C14H20Cl2N2O4S2. The lowest BCUT2D eigenvalue weighted by molar-refractivity contribution is 0.293. The Morgan fingerprint density at radius 3 is 2.33 bits per heavy atom. The zero-order valence-electron chi connectivity index (χ0n) is 13.4. The van der Waals surface area contributed by atoms with Gasteiger partial charge in [0.15, 0.2) is 9.84 Å². The molecule has 1 saturated heterocycles. The third-order valence-electron chi connectivity index (χ3n) is 3.88. The van der Waals surface area contributed by atoms with E-state index in [4.69, 9.17) is 23.2 Å². The maximum atomic E-state index is 13.0. The highest BCUT2D eigenvalue weighted by Crippen LogP contribution is 2.29. The normalized spacial score (nSPS) is 20.8. The number of rotatable bonds is 6. The summed E-state index contributed by atoms with van der Waals surface area (Å²) in [5.41, 5.74) is 0. The molecule has 1 aliphatic rings. The quantitative estimate of drug-likeness (QED) is 0.708. The highest BCUT2D eigenvalue weighted by Gasteiger charge is 2.38. The molecule has 136 valence electrons. The summed E-state index contributed by atoms with van der Waals surface area (Å²) in [6.45, 7) is 0.687. The molecule has 1 fully saturated rings. The molecule has 1 aromatic carbocycles. The van der Waals surface area contributed by atoms with E-state index in [0.29, 0.717) is 13.0 Å². The molecule has 2 rings (SSSR count). The Hall–Kier alpha value is -0.380.